The molecule has 1 heterocycles. The number of hydrogen-bond donors (Lipinski definition) is 0. The molecule has 4 nitrogen and oxygen atoms in total. The summed E-state index contributed by atoms with van der Waals surface area (Å²) in [5.41, 5.74) is 3.92. The van der Waals surface area contributed by atoms with Gasteiger partial charge in [0.15, 0.2) is 0 Å². The number of carbonyl (C=O) groups is 1. The standard InChI is InChI=1S/C29H38N2O2/c1-6-7-8-11-24(32)12-9-10-13-27-30-26-20-21(2)14-19-25(26)28(33)31(27)23-17-15-22(16-18-23)29(3,4)5/h14-20H,6-13H2,1-5H3. The number of rotatable bonds is 10. The van der Waals surface area contributed by atoms with Crippen LogP contribution in [0.25, 0.3) is 16.6 Å². The third-order valence-electron chi connectivity index (χ3n) is 6.25. The van der Waals surface area contributed by atoms with E-state index < -0.39 is 0 Å². The number of ketones is 1. The highest BCUT2D eigenvalue weighted by atomic mass is 16.1. The van der Waals surface area contributed by atoms with Gasteiger partial charge < -0.3 is 0 Å². The van der Waals surface area contributed by atoms with Gasteiger partial charge in [0.25, 0.3) is 5.56 Å². The molecule has 0 N–H and O–H groups in total. The van der Waals surface area contributed by atoms with Crippen LogP contribution in [0.1, 0.15) is 89.6 Å². The third kappa shape index (κ3) is 6.40. The first-order valence-electron chi connectivity index (χ1n) is 12.4. The molecule has 0 bridgehead atoms. The number of unbranched alkanes of at least 4 members (excludes halogenated alkanes) is 3. The predicted octanol–water partition coefficient (Wildman–Crippen LogP) is 6.85. The molecule has 0 aliphatic carbocycles. The van der Waals surface area contributed by atoms with Crippen molar-refractivity contribution in [3.05, 3.63) is 69.8 Å². The van der Waals surface area contributed by atoms with Crippen molar-refractivity contribution in [1.82, 2.24) is 9.55 Å². The van der Waals surface area contributed by atoms with Gasteiger partial charge in [0.1, 0.15) is 11.6 Å². The van der Waals surface area contributed by atoms with Crippen LogP contribution < -0.4 is 5.56 Å². The first-order chi connectivity index (χ1) is 15.7. The van der Waals surface area contributed by atoms with E-state index in [1.807, 2.05) is 37.3 Å². The molecule has 1 aromatic heterocycles. The Morgan fingerprint density at radius 3 is 2.24 bits per heavy atom. The van der Waals surface area contributed by atoms with Crippen LogP contribution in [-0.4, -0.2) is 15.3 Å². The smallest absolute Gasteiger partial charge is 0.265 e. The molecule has 0 aliphatic heterocycles. The molecule has 0 fully saturated rings. The zero-order valence-electron chi connectivity index (χ0n) is 20.9. The number of fused-ring (bicyclic) bond motifs is 1. The summed E-state index contributed by atoms with van der Waals surface area (Å²) in [6.07, 6.45) is 6.88. The van der Waals surface area contributed by atoms with Gasteiger partial charge in [-0.1, -0.05) is 58.7 Å². The Balaban J connectivity index is 1.87. The summed E-state index contributed by atoms with van der Waals surface area (Å²) in [4.78, 5) is 30.5. The Kier molecular flexibility index (Phi) is 8.23. The number of aryl methyl sites for hydroxylation is 2. The summed E-state index contributed by atoms with van der Waals surface area (Å²) in [6, 6.07) is 14.0. The van der Waals surface area contributed by atoms with E-state index in [4.69, 9.17) is 4.98 Å². The van der Waals surface area contributed by atoms with Gasteiger partial charge in [0.2, 0.25) is 0 Å². The van der Waals surface area contributed by atoms with Crippen LogP contribution in [0.2, 0.25) is 0 Å². The molecule has 0 saturated heterocycles. The average molecular weight is 447 g/mol. The fourth-order valence-corrected chi connectivity index (χ4v) is 4.19. The molecule has 0 spiro atoms. The van der Waals surface area contributed by atoms with Crippen LogP contribution in [0.15, 0.2) is 47.3 Å². The van der Waals surface area contributed by atoms with Crippen LogP contribution in [0.4, 0.5) is 0 Å². The quantitative estimate of drug-likeness (QED) is 0.320. The summed E-state index contributed by atoms with van der Waals surface area (Å²) in [5.74, 6) is 1.11. The number of benzene rings is 2. The van der Waals surface area contributed by atoms with E-state index in [-0.39, 0.29) is 11.0 Å². The number of Topliss-reactive ketones (excluding diaryl/α,β-unsaturated/α-hetero) is 1. The molecule has 0 radical (unpaired) electrons. The van der Waals surface area contributed by atoms with Gasteiger partial charge in [-0.15, -0.1) is 0 Å². The van der Waals surface area contributed by atoms with Crippen molar-refractivity contribution in [3.63, 3.8) is 0 Å². The summed E-state index contributed by atoms with van der Waals surface area (Å²) < 4.78 is 1.76. The van der Waals surface area contributed by atoms with Crippen molar-refractivity contribution in [2.24, 2.45) is 0 Å². The first kappa shape index (κ1) is 24.9. The van der Waals surface area contributed by atoms with Gasteiger partial charge in [0.05, 0.1) is 16.6 Å². The molecule has 4 heteroatoms. The Morgan fingerprint density at radius 2 is 1.61 bits per heavy atom. The van der Waals surface area contributed by atoms with E-state index in [1.54, 1.807) is 4.57 Å². The van der Waals surface area contributed by atoms with Crippen molar-refractivity contribution in [1.29, 1.82) is 0 Å². The first-order valence-corrected chi connectivity index (χ1v) is 12.4. The molecule has 3 rings (SSSR count). The molecule has 0 amide bonds. The van der Waals surface area contributed by atoms with Crippen molar-refractivity contribution in [2.75, 3.05) is 0 Å². The molecule has 0 aliphatic rings. The predicted molar refractivity (Wildman–Crippen MR) is 137 cm³/mol. The van der Waals surface area contributed by atoms with Gasteiger partial charge in [-0.2, -0.15) is 0 Å². The van der Waals surface area contributed by atoms with E-state index >= 15 is 0 Å². The highest BCUT2D eigenvalue weighted by Gasteiger charge is 2.16. The minimum atomic E-state index is -0.0332. The van der Waals surface area contributed by atoms with Gasteiger partial charge in [-0.25, -0.2) is 4.98 Å². The maximum absolute atomic E-state index is 13.5. The van der Waals surface area contributed by atoms with Gasteiger partial charge in [-0.3, -0.25) is 14.2 Å². The second kappa shape index (κ2) is 10.9. The molecule has 0 saturated carbocycles. The van der Waals surface area contributed by atoms with Crippen LogP contribution in [0, 0.1) is 6.92 Å². The van der Waals surface area contributed by atoms with Crippen LogP contribution >= 0.6 is 0 Å². The molecular formula is C29H38N2O2. The van der Waals surface area contributed by atoms with Gasteiger partial charge in [-0.05, 0) is 67.0 Å². The van der Waals surface area contributed by atoms with Crippen molar-refractivity contribution in [2.45, 2.75) is 91.4 Å². The van der Waals surface area contributed by atoms with E-state index in [2.05, 4.69) is 39.8 Å². The van der Waals surface area contributed by atoms with Gasteiger partial charge >= 0.3 is 0 Å². The lowest BCUT2D eigenvalue weighted by atomic mass is 9.87. The van der Waals surface area contributed by atoms with Crippen LogP contribution in [0.3, 0.4) is 0 Å². The van der Waals surface area contributed by atoms with Crippen molar-refractivity contribution >= 4 is 16.7 Å². The molecule has 33 heavy (non-hydrogen) atoms. The Bertz CT molecular complexity index is 1150. The minimum absolute atomic E-state index is 0.0332. The monoisotopic (exact) mass is 446 g/mol. The highest BCUT2D eigenvalue weighted by Crippen LogP contribution is 2.24. The molecule has 176 valence electrons. The number of hydrogen-bond acceptors (Lipinski definition) is 3. The maximum Gasteiger partial charge on any atom is 0.265 e. The van der Waals surface area contributed by atoms with Crippen LogP contribution in [-0.2, 0) is 16.6 Å². The Morgan fingerprint density at radius 1 is 0.939 bits per heavy atom. The normalized spacial score (nSPS) is 11.8. The number of nitrogens with zero attached hydrogens (tertiary/aromatic N) is 2. The van der Waals surface area contributed by atoms with Crippen molar-refractivity contribution in [3.8, 4) is 5.69 Å². The summed E-state index contributed by atoms with van der Waals surface area (Å²) in [5, 5.41) is 0.635. The lowest BCUT2D eigenvalue weighted by molar-refractivity contribution is -0.119. The lowest BCUT2D eigenvalue weighted by Gasteiger charge is -2.20. The summed E-state index contributed by atoms with van der Waals surface area (Å²) in [6.45, 7) is 10.7. The topological polar surface area (TPSA) is 52.0 Å². The zero-order valence-corrected chi connectivity index (χ0v) is 20.9. The van der Waals surface area contributed by atoms with E-state index in [9.17, 15) is 9.59 Å². The van der Waals surface area contributed by atoms with E-state index in [0.717, 1.165) is 54.7 Å². The van der Waals surface area contributed by atoms with Gasteiger partial charge in [0, 0.05) is 19.3 Å². The Hall–Kier alpha value is -2.75. The van der Waals surface area contributed by atoms with E-state index in [1.165, 1.54) is 5.56 Å². The highest BCUT2D eigenvalue weighted by molar-refractivity contribution is 5.79. The lowest BCUT2D eigenvalue weighted by Crippen LogP contribution is -2.24. The number of aromatic nitrogens is 2. The molecule has 0 atom stereocenters. The second-order valence-electron chi connectivity index (χ2n) is 10.2. The van der Waals surface area contributed by atoms with Crippen LogP contribution in [0.5, 0.6) is 0 Å². The third-order valence-corrected chi connectivity index (χ3v) is 6.25. The summed E-state index contributed by atoms with van der Waals surface area (Å²) >= 11 is 0. The zero-order chi connectivity index (χ0) is 24.0. The average Bonchev–Trinajstić information content (AvgIpc) is 2.76. The van der Waals surface area contributed by atoms with E-state index in [0.29, 0.717) is 30.4 Å². The molecule has 2 aromatic carbocycles. The molecule has 3 aromatic rings. The maximum atomic E-state index is 13.5. The van der Waals surface area contributed by atoms with Crippen molar-refractivity contribution < 1.29 is 4.79 Å². The molecule has 0 unspecified atom stereocenters. The fraction of sp³-hybridized carbons (Fsp3) is 0.483. The molecular weight excluding hydrogens is 408 g/mol. The number of carbonyl (C=O) groups excluding carboxylic acids is 1. The largest absolute Gasteiger partial charge is 0.300 e. The SMILES string of the molecule is CCCCCC(=O)CCCCc1nc2cc(C)ccc2c(=O)n1-c1ccc(C(C)(C)C)cc1. The fourth-order valence-electron chi connectivity index (χ4n) is 4.19. The second-order valence-corrected chi connectivity index (χ2v) is 10.2. The Labute approximate surface area is 198 Å². The summed E-state index contributed by atoms with van der Waals surface area (Å²) in [7, 11) is 0. The minimum Gasteiger partial charge on any atom is -0.300 e.